The molecule has 0 aliphatic rings. The van der Waals surface area contributed by atoms with Gasteiger partial charge >= 0.3 is 18.1 Å². The zero-order valence-electron chi connectivity index (χ0n) is 13.0. The molecular weight excluding hydrogens is 331 g/mol. The van der Waals surface area contributed by atoms with Crippen LogP contribution in [0.25, 0.3) is 0 Å². The van der Waals surface area contributed by atoms with E-state index in [4.69, 9.17) is 0 Å². The molecule has 1 rings (SSSR count). The average Bonchev–Trinajstić information content (AvgIpc) is 2.51. The number of esters is 2. The number of carbonyl (C=O) groups excluding carboxylic acids is 3. The van der Waals surface area contributed by atoms with Gasteiger partial charge in [0.05, 0.1) is 24.3 Å². The lowest BCUT2D eigenvalue weighted by atomic mass is 10.1. The van der Waals surface area contributed by atoms with Gasteiger partial charge in [0.25, 0.3) is 5.91 Å². The quantitative estimate of drug-likeness (QED) is 0.628. The highest BCUT2D eigenvalue weighted by atomic mass is 19.4. The Labute approximate surface area is 135 Å². The van der Waals surface area contributed by atoms with Crippen LogP contribution in [-0.4, -0.2) is 37.1 Å². The zero-order chi connectivity index (χ0) is 18.3. The van der Waals surface area contributed by atoms with E-state index in [1.54, 1.807) is 0 Å². The van der Waals surface area contributed by atoms with Crippen LogP contribution >= 0.6 is 0 Å². The van der Waals surface area contributed by atoms with E-state index in [9.17, 15) is 27.6 Å². The number of ether oxygens (including phenoxy) is 2. The van der Waals surface area contributed by atoms with Crippen LogP contribution in [0.5, 0.6) is 0 Å². The van der Waals surface area contributed by atoms with Crippen molar-refractivity contribution in [2.24, 2.45) is 0 Å². The van der Waals surface area contributed by atoms with Crippen LogP contribution in [0.3, 0.4) is 0 Å². The molecule has 0 spiro atoms. The van der Waals surface area contributed by atoms with Gasteiger partial charge in [-0.2, -0.15) is 13.2 Å². The molecule has 0 aliphatic carbocycles. The van der Waals surface area contributed by atoms with Crippen LogP contribution in [0.2, 0.25) is 0 Å². The number of rotatable bonds is 6. The molecule has 1 amide bonds. The topological polar surface area (TPSA) is 81.7 Å². The molecule has 0 saturated carbocycles. The molecule has 0 aromatic heterocycles. The summed E-state index contributed by atoms with van der Waals surface area (Å²) in [7, 11) is 0. The predicted molar refractivity (Wildman–Crippen MR) is 76.0 cm³/mol. The van der Waals surface area contributed by atoms with Gasteiger partial charge < -0.3 is 14.8 Å². The van der Waals surface area contributed by atoms with E-state index in [0.29, 0.717) is 0 Å². The summed E-state index contributed by atoms with van der Waals surface area (Å²) < 4.78 is 48.1. The largest absolute Gasteiger partial charge is 0.464 e. The van der Waals surface area contributed by atoms with Crippen LogP contribution < -0.4 is 5.32 Å². The van der Waals surface area contributed by atoms with E-state index >= 15 is 0 Å². The van der Waals surface area contributed by atoms with Crippen molar-refractivity contribution < 1.29 is 37.0 Å². The van der Waals surface area contributed by atoms with Gasteiger partial charge in [-0.25, -0.2) is 9.59 Å². The van der Waals surface area contributed by atoms with Crippen molar-refractivity contribution in [1.29, 1.82) is 0 Å². The summed E-state index contributed by atoms with van der Waals surface area (Å²) in [4.78, 5) is 35.6. The molecule has 0 heterocycles. The normalized spacial score (nSPS) is 11.1. The second kappa shape index (κ2) is 8.32. The van der Waals surface area contributed by atoms with Crippen molar-refractivity contribution in [2.45, 2.75) is 26.1 Å². The average molecular weight is 347 g/mol. The van der Waals surface area contributed by atoms with Crippen LogP contribution in [0.4, 0.5) is 13.2 Å². The number of carbonyl (C=O) groups is 3. The minimum absolute atomic E-state index is 0.0796. The summed E-state index contributed by atoms with van der Waals surface area (Å²) in [5, 5.41) is 1.93. The second-order valence-corrected chi connectivity index (χ2v) is 4.45. The van der Waals surface area contributed by atoms with Gasteiger partial charge in [0.15, 0.2) is 0 Å². The number of benzene rings is 1. The highest BCUT2D eigenvalue weighted by Crippen LogP contribution is 2.31. The van der Waals surface area contributed by atoms with Gasteiger partial charge in [-0.05, 0) is 26.0 Å². The van der Waals surface area contributed by atoms with E-state index in [2.05, 4.69) is 9.47 Å². The Kier molecular flexibility index (Phi) is 6.75. The molecule has 1 N–H and O–H groups in total. The van der Waals surface area contributed by atoms with Crippen molar-refractivity contribution in [3.05, 3.63) is 35.4 Å². The SMILES string of the molecule is CCOC(=O)C(NC(=O)c1ccccc1C(F)(F)F)C(=O)OCC. The van der Waals surface area contributed by atoms with Crippen molar-refractivity contribution >= 4 is 17.8 Å². The van der Waals surface area contributed by atoms with Gasteiger partial charge in [-0.3, -0.25) is 4.79 Å². The van der Waals surface area contributed by atoms with Gasteiger partial charge in [-0.15, -0.1) is 0 Å². The first-order chi connectivity index (χ1) is 11.2. The Balaban J connectivity index is 3.09. The molecule has 0 atom stereocenters. The number of amides is 1. The Morgan fingerprint density at radius 2 is 1.54 bits per heavy atom. The summed E-state index contributed by atoms with van der Waals surface area (Å²) >= 11 is 0. The van der Waals surface area contributed by atoms with Crippen molar-refractivity contribution in [3.63, 3.8) is 0 Å². The van der Waals surface area contributed by atoms with Gasteiger partial charge in [0, 0.05) is 0 Å². The lowest BCUT2D eigenvalue weighted by Crippen LogP contribution is -2.48. The third-order valence-electron chi connectivity index (χ3n) is 2.80. The molecule has 6 nitrogen and oxygen atoms in total. The fourth-order valence-electron chi connectivity index (χ4n) is 1.80. The third-order valence-corrected chi connectivity index (χ3v) is 2.80. The maximum Gasteiger partial charge on any atom is 0.417 e. The standard InChI is InChI=1S/C15H16F3NO5/c1-3-23-13(21)11(14(22)24-4-2)19-12(20)9-7-5-6-8-10(9)15(16,17)18/h5-8,11H,3-4H2,1-2H3,(H,19,20). The van der Waals surface area contributed by atoms with Gasteiger partial charge in [0.2, 0.25) is 6.04 Å². The Morgan fingerprint density at radius 3 is 2.00 bits per heavy atom. The molecule has 132 valence electrons. The Morgan fingerprint density at radius 1 is 1.04 bits per heavy atom. The fraction of sp³-hybridized carbons (Fsp3) is 0.400. The number of halogens is 3. The van der Waals surface area contributed by atoms with Crippen LogP contribution in [0, 0.1) is 0 Å². The molecule has 0 bridgehead atoms. The Bertz CT molecular complexity index is 597. The third kappa shape index (κ3) is 4.97. The number of hydrogen-bond acceptors (Lipinski definition) is 5. The molecule has 0 radical (unpaired) electrons. The van der Waals surface area contributed by atoms with E-state index < -0.39 is 41.2 Å². The molecule has 0 aliphatic heterocycles. The summed E-state index contributed by atoms with van der Waals surface area (Å²) in [5.41, 5.74) is -1.91. The summed E-state index contributed by atoms with van der Waals surface area (Å²) in [6, 6.07) is 2.16. The lowest BCUT2D eigenvalue weighted by molar-refractivity contribution is -0.157. The van der Waals surface area contributed by atoms with Crippen molar-refractivity contribution in [2.75, 3.05) is 13.2 Å². The summed E-state index contributed by atoms with van der Waals surface area (Å²) in [6.45, 7) is 2.79. The minimum atomic E-state index is -4.77. The number of nitrogens with one attached hydrogen (secondary N) is 1. The van der Waals surface area contributed by atoms with E-state index in [1.165, 1.54) is 19.9 Å². The van der Waals surface area contributed by atoms with Crippen molar-refractivity contribution in [1.82, 2.24) is 5.32 Å². The summed E-state index contributed by atoms with van der Waals surface area (Å²) in [6.07, 6.45) is -4.77. The Hall–Kier alpha value is -2.58. The first-order valence-electron chi connectivity index (χ1n) is 7.02. The lowest BCUT2D eigenvalue weighted by Gasteiger charge is -2.17. The van der Waals surface area contributed by atoms with E-state index in [-0.39, 0.29) is 13.2 Å². The van der Waals surface area contributed by atoms with E-state index in [1.807, 2.05) is 5.32 Å². The van der Waals surface area contributed by atoms with Gasteiger partial charge in [-0.1, -0.05) is 12.1 Å². The molecule has 0 fully saturated rings. The smallest absolute Gasteiger partial charge is 0.417 e. The maximum absolute atomic E-state index is 12.9. The highest BCUT2D eigenvalue weighted by Gasteiger charge is 2.37. The first-order valence-corrected chi connectivity index (χ1v) is 7.02. The number of hydrogen-bond donors (Lipinski definition) is 1. The molecule has 1 aromatic carbocycles. The maximum atomic E-state index is 12.9. The molecule has 1 aromatic rings. The summed E-state index contributed by atoms with van der Waals surface area (Å²) in [5.74, 6) is -3.48. The predicted octanol–water partition coefficient (Wildman–Crippen LogP) is 1.93. The van der Waals surface area contributed by atoms with E-state index in [0.717, 1.165) is 18.2 Å². The zero-order valence-corrected chi connectivity index (χ0v) is 13.0. The second-order valence-electron chi connectivity index (χ2n) is 4.45. The van der Waals surface area contributed by atoms with Crippen LogP contribution in [0.15, 0.2) is 24.3 Å². The molecule has 9 heteroatoms. The van der Waals surface area contributed by atoms with Crippen LogP contribution in [0.1, 0.15) is 29.8 Å². The monoisotopic (exact) mass is 347 g/mol. The molecule has 24 heavy (non-hydrogen) atoms. The van der Waals surface area contributed by atoms with Crippen LogP contribution in [-0.2, 0) is 25.2 Å². The highest BCUT2D eigenvalue weighted by molar-refractivity contribution is 6.06. The van der Waals surface area contributed by atoms with Crippen molar-refractivity contribution in [3.8, 4) is 0 Å². The fourth-order valence-corrected chi connectivity index (χ4v) is 1.80. The molecular formula is C15H16F3NO5. The van der Waals surface area contributed by atoms with Gasteiger partial charge in [0.1, 0.15) is 0 Å². The molecule has 0 unspecified atom stereocenters. The minimum Gasteiger partial charge on any atom is -0.464 e. The first kappa shape index (κ1) is 19.5. The number of alkyl halides is 3. The molecule has 0 saturated heterocycles.